The summed E-state index contributed by atoms with van der Waals surface area (Å²) in [6.07, 6.45) is 0.393. The van der Waals surface area contributed by atoms with E-state index >= 15 is 4.39 Å². The number of pyridine rings is 1. The number of ketones is 1. The topological polar surface area (TPSA) is 90.0 Å². The molecule has 3 rings (SSSR count). The van der Waals surface area contributed by atoms with E-state index < -0.39 is 23.2 Å². The Hall–Kier alpha value is -4.14. The molecule has 1 amide bonds. The van der Waals surface area contributed by atoms with Gasteiger partial charge in [0.1, 0.15) is 17.1 Å². The van der Waals surface area contributed by atoms with Gasteiger partial charge in [0.05, 0.1) is 20.4 Å². The molecule has 0 bridgehead atoms. The summed E-state index contributed by atoms with van der Waals surface area (Å²) in [5.74, 6) is -0.346. The number of halogens is 1. The Kier molecular flexibility index (Phi) is 8.70. The lowest BCUT2D eigenvalue weighted by atomic mass is 10.1. The van der Waals surface area contributed by atoms with E-state index in [1.165, 1.54) is 13.1 Å². The highest BCUT2D eigenvalue weighted by Crippen LogP contribution is 2.30. The molecule has 0 spiro atoms. The molecule has 1 N–H and O–H groups in total. The molecule has 0 aliphatic heterocycles. The smallest absolute Gasteiger partial charge is 0.413 e. The molecule has 0 saturated heterocycles. The maximum absolute atomic E-state index is 15.9. The first-order valence-corrected chi connectivity index (χ1v) is 11.7. The van der Waals surface area contributed by atoms with Gasteiger partial charge in [-0.2, -0.15) is 0 Å². The summed E-state index contributed by atoms with van der Waals surface area (Å²) in [5, 5.41) is 2.62. The van der Waals surface area contributed by atoms with Crippen molar-refractivity contribution < 1.29 is 28.2 Å². The summed E-state index contributed by atoms with van der Waals surface area (Å²) in [5.41, 5.74) is 0.838. The van der Waals surface area contributed by atoms with Gasteiger partial charge in [-0.3, -0.25) is 4.79 Å². The van der Waals surface area contributed by atoms with Crippen LogP contribution in [0.5, 0.6) is 17.2 Å². The monoisotopic (exact) mass is 509 g/mol. The van der Waals surface area contributed by atoms with Crippen molar-refractivity contribution in [2.45, 2.75) is 46.3 Å². The molecule has 1 aromatic heterocycles. The van der Waals surface area contributed by atoms with Crippen LogP contribution in [0.25, 0.3) is 0 Å². The number of aromatic nitrogens is 1. The summed E-state index contributed by atoms with van der Waals surface area (Å²) in [7, 11) is 3.16. The number of carbonyl (C=O) groups excluding carboxylic acids is 2. The Morgan fingerprint density at radius 3 is 1.81 bits per heavy atom. The SMILES string of the molecule is COc1ccc(CN(Cc2ccc(OC)cc2)c2ncc(OC(=O)NC(C)(C)C)c(C(C)=O)c2F)cc1. The number of rotatable bonds is 9. The molecule has 2 aromatic carbocycles. The van der Waals surface area contributed by atoms with Crippen LogP contribution in [0.2, 0.25) is 0 Å². The average molecular weight is 510 g/mol. The zero-order valence-corrected chi connectivity index (χ0v) is 21.9. The van der Waals surface area contributed by atoms with Gasteiger partial charge in [0.25, 0.3) is 0 Å². The van der Waals surface area contributed by atoms with Gasteiger partial charge in [0, 0.05) is 18.6 Å². The molecular formula is C28H32FN3O5. The fourth-order valence-corrected chi connectivity index (χ4v) is 3.63. The van der Waals surface area contributed by atoms with Crippen LogP contribution in [-0.2, 0) is 13.1 Å². The quantitative estimate of drug-likeness (QED) is 0.379. The van der Waals surface area contributed by atoms with Crippen LogP contribution >= 0.6 is 0 Å². The second-order valence-electron chi connectivity index (χ2n) is 9.51. The molecule has 0 atom stereocenters. The molecule has 0 aliphatic rings. The number of carbonyl (C=O) groups is 2. The second-order valence-corrected chi connectivity index (χ2v) is 9.51. The molecule has 0 saturated carbocycles. The lowest BCUT2D eigenvalue weighted by molar-refractivity contribution is 0.101. The number of anilines is 1. The van der Waals surface area contributed by atoms with Crippen molar-refractivity contribution in [3.05, 3.63) is 77.2 Å². The number of benzene rings is 2. The maximum Gasteiger partial charge on any atom is 0.413 e. The molecule has 1 heterocycles. The van der Waals surface area contributed by atoms with Gasteiger partial charge in [0.15, 0.2) is 23.2 Å². The predicted molar refractivity (Wildman–Crippen MR) is 139 cm³/mol. The zero-order chi connectivity index (χ0) is 27.2. The van der Waals surface area contributed by atoms with Gasteiger partial charge in [-0.15, -0.1) is 0 Å². The second kappa shape index (κ2) is 11.7. The number of amides is 1. The van der Waals surface area contributed by atoms with Crippen molar-refractivity contribution in [2.24, 2.45) is 0 Å². The Labute approximate surface area is 216 Å². The number of nitrogens with one attached hydrogen (secondary N) is 1. The van der Waals surface area contributed by atoms with Crippen molar-refractivity contribution in [3.63, 3.8) is 0 Å². The van der Waals surface area contributed by atoms with Crippen LogP contribution < -0.4 is 24.4 Å². The molecule has 8 nitrogen and oxygen atoms in total. The third-order valence-corrected chi connectivity index (χ3v) is 5.36. The lowest BCUT2D eigenvalue weighted by Crippen LogP contribution is -2.42. The van der Waals surface area contributed by atoms with E-state index in [4.69, 9.17) is 14.2 Å². The van der Waals surface area contributed by atoms with Gasteiger partial charge in [-0.25, -0.2) is 14.2 Å². The number of Topliss-reactive ketones (excluding diaryl/α,β-unsaturated/α-hetero) is 1. The molecule has 37 heavy (non-hydrogen) atoms. The third-order valence-electron chi connectivity index (χ3n) is 5.36. The Morgan fingerprint density at radius 2 is 1.41 bits per heavy atom. The maximum atomic E-state index is 15.9. The van der Waals surface area contributed by atoms with Crippen LogP contribution in [0, 0.1) is 5.82 Å². The van der Waals surface area contributed by atoms with E-state index in [1.807, 2.05) is 48.5 Å². The van der Waals surface area contributed by atoms with Crippen molar-refractivity contribution >= 4 is 17.7 Å². The molecule has 3 aromatic rings. The van der Waals surface area contributed by atoms with Crippen molar-refractivity contribution in [2.75, 3.05) is 19.1 Å². The minimum absolute atomic E-state index is 0.0413. The summed E-state index contributed by atoms with van der Waals surface area (Å²) >= 11 is 0. The number of nitrogens with zero attached hydrogens (tertiary/aromatic N) is 2. The number of methoxy groups -OCH3 is 2. The fourth-order valence-electron chi connectivity index (χ4n) is 3.63. The van der Waals surface area contributed by atoms with Crippen LogP contribution in [0.15, 0.2) is 54.7 Å². The van der Waals surface area contributed by atoms with Crippen LogP contribution in [0.1, 0.15) is 49.2 Å². The standard InChI is InChI=1S/C28H32FN3O5/c1-18(33)24-23(37-27(34)31-28(2,3)4)15-30-26(25(24)29)32(16-19-7-11-21(35-5)12-8-19)17-20-9-13-22(36-6)14-10-20/h7-15H,16-17H2,1-6H3,(H,31,34). The highest BCUT2D eigenvalue weighted by atomic mass is 19.1. The molecule has 9 heteroatoms. The first kappa shape index (κ1) is 27.4. The van der Waals surface area contributed by atoms with E-state index in [1.54, 1.807) is 39.9 Å². The van der Waals surface area contributed by atoms with Gasteiger partial charge >= 0.3 is 6.09 Å². The Morgan fingerprint density at radius 1 is 0.919 bits per heavy atom. The van der Waals surface area contributed by atoms with Gasteiger partial charge < -0.3 is 24.4 Å². The molecule has 0 aliphatic carbocycles. The summed E-state index contributed by atoms with van der Waals surface area (Å²) in [6, 6.07) is 14.8. The van der Waals surface area contributed by atoms with Crippen molar-refractivity contribution in [1.82, 2.24) is 10.3 Å². The normalized spacial score (nSPS) is 11.0. The van der Waals surface area contributed by atoms with Gasteiger partial charge in [-0.1, -0.05) is 24.3 Å². The predicted octanol–water partition coefficient (Wildman–Crippen LogP) is 5.53. The van der Waals surface area contributed by atoms with E-state index in [0.717, 1.165) is 11.1 Å². The van der Waals surface area contributed by atoms with Crippen molar-refractivity contribution in [1.29, 1.82) is 0 Å². The summed E-state index contributed by atoms with van der Waals surface area (Å²) < 4.78 is 31.6. The minimum atomic E-state index is -0.865. The average Bonchev–Trinajstić information content (AvgIpc) is 2.83. The van der Waals surface area contributed by atoms with Gasteiger partial charge in [0.2, 0.25) is 0 Å². The molecule has 196 valence electrons. The van der Waals surface area contributed by atoms with E-state index in [0.29, 0.717) is 24.6 Å². The van der Waals surface area contributed by atoms with Crippen LogP contribution in [0.4, 0.5) is 15.0 Å². The number of ether oxygens (including phenoxy) is 3. The lowest BCUT2D eigenvalue weighted by Gasteiger charge is -2.26. The molecule has 0 unspecified atom stereocenters. The largest absolute Gasteiger partial charge is 0.497 e. The Balaban J connectivity index is 2.00. The fraction of sp³-hybridized carbons (Fsp3) is 0.321. The van der Waals surface area contributed by atoms with E-state index in [9.17, 15) is 9.59 Å². The first-order chi connectivity index (χ1) is 17.5. The summed E-state index contributed by atoms with van der Waals surface area (Å²) in [4.78, 5) is 30.7. The van der Waals surface area contributed by atoms with E-state index in [-0.39, 0.29) is 17.1 Å². The van der Waals surface area contributed by atoms with E-state index in [2.05, 4.69) is 10.3 Å². The zero-order valence-electron chi connectivity index (χ0n) is 21.9. The van der Waals surface area contributed by atoms with Crippen LogP contribution in [-0.4, -0.2) is 36.6 Å². The highest BCUT2D eigenvalue weighted by molar-refractivity contribution is 5.98. The molecular weight excluding hydrogens is 477 g/mol. The number of hydrogen-bond donors (Lipinski definition) is 1. The van der Waals surface area contributed by atoms with Crippen molar-refractivity contribution in [3.8, 4) is 17.2 Å². The highest BCUT2D eigenvalue weighted by Gasteiger charge is 2.26. The molecule has 0 fully saturated rings. The number of hydrogen-bond acceptors (Lipinski definition) is 7. The minimum Gasteiger partial charge on any atom is -0.497 e. The third kappa shape index (κ3) is 7.42. The Bertz CT molecular complexity index is 1190. The first-order valence-electron chi connectivity index (χ1n) is 11.7. The van der Waals surface area contributed by atoms with Crippen LogP contribution in [0.3, 0.4) is 0 Å². The van der Waals surface area contributed by atoms with Gasteiger partial charge in [-0.05, 0) is 63.1 Å². The molecule has 0 radical (unpaired) electrons. The summed E-state index contributed by atoms with van der Waals surface area (Å²) in [6.45, 7) is 7.13.